The molecule has 0 heterocycles. The molecule has 20 heavy (non-hydrogen) atoms. The second-order valence-corrected chi connectivity index (χ2v) is 6.50. The van der Waals surface area contributed by atoms with Crippen molar-refractivity contribution >= 4 is 10.0 Å². The Balaban J connectivity index is 2.13. The van der Waals surface area contributed by atoms with E-state index in [1.807, 2.05) is 12.1 Å². The molecule has 0 atom stereocenters. The van der Waals surface area contributed by atoms with Crippen molar-refractivity contribution in [2.24, 2.45) is 0 Å². The van der Waals surface area contributed by atoms with Gasteiger partial charge in [0, 0.05) is 5.56 Å². The monoisotopic (exact) mass is 293 g/mol. The summed E-state index contributed by atoms with van der Waals surface area (Å²) < 4.78 is 38.6. The highest BCUT2D eigenvalue weighted by atomic mass is 32.2. The quantitative estimate of drug-likeness (QED) is 0.921. The molecular formula is C15H16FNO2S. The van der Waals surface area contributed by atoms with E-state index in [4.69, 9.17) is 0 Å². The number of hydrogen-bond acceptors (Lipinski definition) is 2. The molecule has 0 unspecified atom stereocenters. The standard InChI is InChI=1S/C15H16FNO2S/c1-17-20(18,19)11-10-12-6-8-13(9-7-12)14-4-2-3-5-15(14)16/h2-9,17H,10-11H2,1H3. The highest BCUT2D eigenvalue weighted by Gasteiger charge is 2.08. The Bertz CT molecular complexity index is 681. The fourth-order valence-electron chi connectivity index (χ4n) is 1.90. The maximum absolute atomic E-state index is 13.6. The molecule has 0 amide bonds. The van der Waals surface area contributed by atoms with E-state index in [9.17, 15) is 12.8 Å². The number of rotatable bonds is 5. The predicted octanol–water partition coefficient (Wildman–Crippen LogP) is 2.58. The van der Waals surface area contributed by atoms with Gasteiger partial charge in [-0.15, -0.1) is 0 Å². The molecule has 0 saturated carbocycles. The number of benzene rings is 2. The number of nitrogens with one attached hydrogen (secondary N) is 1. The van der Waals surface area contributed by atoms with Crippen LogP contribution in [0.1, 0.15) is 5.56 Å². The van der Waals surface area contributed by atoms with Crippen LogP contribution in [0.2, 0.25) is 0 Å². The predicted molar refractivity (Wildman–Crippen MR) is 78.4 cm³/mol. The molecule has 1 N–H and O–H groups in total. The van der Waals surface area contributed by atoms with Crippen molar-refractivity contribution in [3.05, 3.63) is 59.9 Å². The molecule has 0 fully saturated rings. The molecule has 0 aliphatic rings. The van der Waals surface area contributed by atoms with E-state index in [-0.39, 0.29) is 11.6 Å². The van der Waals surface area contributed by atoms with Crippen LogP contribution in [0.5, 0.6) is 0 Å². The summed E-state index contributed by atoms with van der Waals surface area (Å²) in [5.74, 6) is -0.222. The van der Waals surface area contributed by atoms with E-state index in [2.05, 4.69) is 4.72 Å². The van der Waals surface area contributed by atoms with Crippen molar-refractivity contribution in [2.75, 3.05) is 12.8 Å². The number of aryl methyl sites for hydroxylation is 1. The van der Waals surface area contributed by atoms with Gasteiger partial charge in [-0.05, 0) is 30.7 Å². The van der Waals surface area contributed by atoms with Gasteiger partial charge >= 0.3 is 0 Å². The summed E-state index contributed by atoms with van der Waals surface area (Å²) in [6.07, 6.45) is 0.431. The summed E-state index contributed by atoms with van der Waals surface area (Å²) in [5.41, 5.74) is 2.23. The molecule has 0 aromatic heterocycles. The molecule has 2 aromatic rings. The first-order chi connectivity index (χ1) is 9.52. The van der Waals surface area contributed by atoms with E-state index >= 15 is 0 Å². The Morgan fingerprint density at radius 2 is 1.70 bits per heavy atom. The third-order valence-electron chi connectivity index (χ3n) is 3.11. The van der Waals surface area contributed by atoms with Gasteiger partial charge in [-0.3, -0.25) is 0 Å². The molecule has 0 saturated heterocycles. The minimum atomic E-state index is -3.20. The largest absolute Gasteiger partial charge is 0.218 e. The van der Waals surface area contributed by atoms with Gasteiger partial charge in [0.05, 0.1) is 5.75 Å². The van der Waals surface area contributed by atoms with Crippen molar-refractivity contribution < 1.29 is 12.8 Å². The van der Waals surface area contributed by atoms with Crippen LogP contribution in [0, 0.1) is 5.82 Å². The van der Waals surface area contributed by atoms with E-state index in [1.165, 1.54) is 13.1 Å². The van der Waals surface area contributed by atoms with Gasteiger partial charge in [0.1, 0.15) is 5.82 Å². The van der Waals surface area contributed by atoms with Crippen molar-refractivity contribution in [2.45, 2.75) is 6.42 Å². The second-order valence-electron chi connectivity index (χ2n) is 4.45. The smallest absolute Gasteiger partial charge is 0.211 e. The van der Waals surface area contributed by atoms with Crippen molar-refractivity contribution in [3.8, 4) is 11.1 Å². The fraction of sp³-hybridized carbons (Fsp3) is 0.200. The molecule has 0 radical (unpaired) electrons. The van der Waals surface area contributed by atoms with Crippen LogP contribution in [-0.4, -0.2) is 21.2 Å². The van der Waals surface area contributed by atoms with E-state index in [1.54, 1.807) is 30.3 Å². The number of hydrogen-bond donors (Lipinski definition) is 1. The van der Waals surface area contributed by atoms with E-state index in [0.29, 0.717) is 12.0 Å². The van der Waals surface area contributed by atoms with Crippen molar-refractivity contribution in [1.82, 2.24) is 4.72 Å². The highest BCUT2D eigenvalue weighted by Crippen LogP contribution is 2.22. The SMILES string of the molecule is CNS(=O)(=O)CCc1ccc(-c2ccccc2F)cc1. The maximum atomic E-state index is 13.6. The second kappa shape index (κ2) is 6.15. The Hall–Kier alpha value is -1.72. The molecular weight excluding hydrogens is 277 g/mol. The zero-order valence-corrected chi connectivity index (χ0v) is 12.0. The lowest BCUT2D eigenvalue weighted by molar-refractivity contribution is 0.587. The fourth-order valence-corrected chi connectivity index (χ4v) is 2.61. The summed E-state index contributed by atoms with van der Waals surface area (Å²) in [4.78, 5) is 0. The topological polar surface area (TPSA) is 46.2 Å². The van der Waals surface area contributed by atoms with Crippen LogP contribution < -0.4 is 4.72 Å². The van der Waals surface area contributed by atoms with E-state index < -0.39 is 10.0 Å². The molecule has 2 aromatic carbocycles. The lowest BCUT2D eigenvalue weighted by Gasteiger charge is -2.06. The Labute approximate surface area is 118 Å². The minimum absolute atomic E-state index is 0.0442. The summed E-state index contributed by atoms with van der Waals surface area (Å²) in [5, 5.41) is 0. The third kappa shape index (κ3) is 3.65. The minimum Gasteiger partial charge on any atom is -0.218 e. The van der Waals surface area contributed by atoms with Crippen LogP contribution in [0.4, 0.5) is 4.39 Å². The van der Waals surface area contributed by atoms with Crippen LogP contribution in [0.15, 0.2) is 48.5 Å². The Morgan fingerprint density at radius 1 is 1.05 bits per heavy atom. The summed E-state index contributed by atoms with van der Waals surface area (Å²) in [6.45, 7) is 0. The molecule has 106 valence electrons. The zero-order valence-electron chi connectivity index (χ0n) is 11.1. The van der Waals surface area contributed by atoms with Crippen molar-refractivity contribution in [3.63, 3.8) is 0 Å². The van der Waals surface area contributed by atoms with Crippen LogP contribution >= 0.6 is 0 Å². The van der Waals surface area contributed by atoms with Gasteiger partial charge in [0.15, 0.2) is 0 Å². The molecule has 0 aliphatic carbocycles. The first-order valence-corrected chi connectivity index (χ1v) is 7.92. The number of halogens is 1. The van der Waals surface area contributed by atoms with E-state index in [0.717, 1.165) is 11.1 Å². The lowest BCUT2D eigenvalue weighted by atomic mass is 10.0. The summed E-state index contributed by atoms with van der Waals surface area (Å²) in [7, 11) is -1.80. The zero-order chi connectivity index (χ0) is 14.6. The van der Waals surface area contributed by atoms with Gasteiger partial charge in [-0.25, -0.2) is 17.5 Å². The summed E-state index contributed by atoms with van der Waals surface area (Å²) >= 11 is 0. The van der Waals surface area contributed by atoms with Gasteiger partial charge in [-0.2, -0.15) is 0 Å². The van der Waals surface area contributed by atoms with Crippen molar-refractivity contribution in [1.29, 1.82) is 0 Å². The van der Waals surface area contributed by atoms with Crippen LogP contribution in [-0.2, 0) is 16.4 Å². The molecule has 5 heteroatoms. The van der Waals surface area contributed by atoms with Gasteiger partial charge in [0.2, 0.25) is 10.0 Å². The third-order valence-corrected chi connectivity index (χ3v) is 4.47. The molecule has 3 nitrogen and oxygen atoms in total. The van der Waals surface area contributed by atoms with Gasteiger partial charge in [0.25, 0.3) is 0 Å². The average molecular weight is 293 g/mol. The average Bonchev–Trinajstić information content (AvgIpc) is 2.46. The normalized spacial score (nSPS) is 11.5. The Kier molecular flexibility index (Phi) is 4.52. The highest BCUT2D eigenvalue weighted by molar-refractivity contribution is 7.89. The van der Waals surface area contributed by atoms with Crippen LogP contribution in [0.25, 0.3) is 11.1 Å². The van der Waals surface area contributed by atoms with Crippen LogP contribution in [0.3, 0.4) is 0 Å². The lowest BCUT2D eigenvalue weighted by Crippen LogP contribution is -2.23. The molecule has 0 bridgehead atoms. The summed E-state index contributed by atoms with van der Waals surface area (Å²) in [6, 6.07) is 13.8. The Morgan fingerprint density at radius 3 is 2.30 bits per heavy atom. The van der Waals surface area contributed by atoms with Gasteiger partial charge < -0.3 is 0 Å². The maximum Gasteiger partial charge on any atom is 0.211 e. The van der Waals surface area contributed by atoms with Gasteiger partial charge in [-0.1, -0.05) is 42.5 Å². The first kappa shape index (κ1) is 14.7. The molecule has 2 rings (SSSR count). The molecule has 0 spiro atoms. The number of sulfonamides is 1. The first-order valence-electron chi connectivity index (χ1n) is 6.27. The molecule has 0 aliphatic heterocycles.